The minimum atomic E-state index is -0.0776. The first-order valence-electron chi connectivity index (χ1n) is 15.7. The normalized spacial score (nSPS) is 17.4. The van der Waals surface area contributed by atoms with Crippen LogP contribution in [0.1, 0.15) is 70.7 Å². The Hall–Kier alpha value is -4.30. The predicted octanol–water partition coefficient (Wildman–Crippen LogP) is 11.0. The summed E-state index contributed by atoms with van der Waals surface area (Å²) in [5.41, 5.74) is 16.0. The third-order valence-electron chi connectivity index (χ3n) is 10.4. The molecule has 2 nitrogen and oxygen atoms in total. The molecule has 0 bridgehead atoms. The lowest BCUT2D eigenvalue weighted by atomic mass is 9.82. The molecule has 0 spiro atoms. The van der Waals surface area contributed by atoms with Crippen molar-refractivity contribution in [1.82, 2.24) is 0 Å². The Kier molecular flexibility index (Phi) is 5.29. The monoisotopic (exact) mass is 560 g/mol. The summed E-state index contributed by atoms with van der Waals surface area (Å²) in [6.07, 6.45) is 0.0645. The summed E-state index contributed by atoms with van der Waals surface area (Å²) in [7, 11) is 0. The van der Waals surface area contributed by atoms with Crippen LogP contribution in [-0.4, -0.2) is 6.17 Å². The zero-order chi connectivity index (χ0) is 29.9. The number of rotatable bonds is 2. The van der Waals surface area contributed by atoms with Gasteiger partial charge in [-0.2, -0.15) is 0 Å². The maximum atomic E-state index is 2.65. The van der Waals surface area contributed by atoms with Crippen LogP contribution in [0.3, 0.4) is 0 Å². The van der Waals surface area contributed by atoms with E-state index in [4.69, 9.17) is 0 Å². The molecule has 0 saturated carbocycles. The molecule has 5 aromatic rings. The van der Waals surface area contributed by atoms with Crippen molar-refractivity contribution in [3.63, 3.8) is 0 Å². The summed E-state index contributed by atoms with van der Waals surface area (Å²) >= 11 is 0. The van der Waals surface area contributed by atoms with E-state index >= 15 is 0 Å². The lowest BCUT2D eigenvalue weighted by Crippen LogP contribution is -2.48. The molecule has 214 valence electrons. The van der Waals surface area contributed by atoms with Gasteiger partial charge in [-0.25, -0.2) is 0 Å². The summed E-state index contributed by atoms with van der Waals surface area (Å²) in [6.45, 7) is 16.7. The minimum Gasteiger partial charge on any atom is -0.317 e. The summed E-state index contributed by atoms with van der Waals surface area (Å²) in [5, 5.41) is 0. The van der Waals surface area contributed by atoms with E-state index in [1.54, 1.807) is 0 Å². The van der Waals surface area contributed by atoms with Crippen LogP contribution in [-0.2, 0) is 10.8 Å². The molecule has 1 heterocycles. The average Bonchev–Trinajstić information content (AvgIpc) is 3.55. The Morgan fingerprint density at radius 2 is 0.791 bits per heavy atom. The van der Waals surface area contributed by atoms with Gasteiger partial charge < -0.3 is 9.80 Å². The molecule has 0 saturated heterocycles. The molecule has 1 aliphatic heterocycles. The van der Waals surface area contributed by atoms with Gasteiger partial charge in [-0.05, 0) is 57.6 Å². The SMILES string of the molecule is CC1(C)c2ccccc2-c2c(N3c4ccccc4N(c4cccc5c4-c4ccccc4C5(C)C)C3C(C)(C)C)cccc21. The lowest BCUT2D eigenvalue weighted by molar-refractivity contribution is 0.330. The third-order valence-corrected chi connectivity index (χ3v) is 10.4. The molecule has 8 rings (SSSR count). The Labute approximate surface area is 256 Å². The average molecular weight is 561 g/mol. The Balaban J connectivity index is 1.42. The summed E-state index contributed by atoms with van der Waals surface area (Å²) in [6, 6.07) is 41.0. The van der Waals surface area contributed by atoms with E-state index in [0.29, 0.717) is 0 Å². The van der Waals surface area contributed by atoms with Crippen molar-refractivity contribution in [2.75, 3.05) is 9.80 Å². The van der Waals surface area contributed by atoms with E-state index in [2.05, 4.69) is 167 Å². The van der Waals surface area contributed by atoms with Gasteiger partial charge in [-0.15, -0.1) is 0 Å². The predicted molar refractivity (Wildman–Crippen MR) is 182 cm³/mol. The molecule has 0 unspecified atom stereocenters. The number of nitrogens with zero attached hydrogens (tertiary/aromatic N) is 2. The quantitative estimate of drug-likeness (QED) is 0.212. The van der Waals surface area contributed by atoms with E-state index < -0.39 is 0 Å². The highest BCUT2D eigenvalue weighted by Crippen LogP contribution is 2.60. The summed E-state index contributed by atoms with van der Waals surface area (Å²) in [4.78, 5) is 5.30. The molecule has 43 heavy (non-hydrogen) atoms. The fourth-order valence-corrected chi connectivity index (χ4v) is 8.42. The first-order chi connectivity index (χ1) is 20.5. The zero-order valence-electron chi connectivity index (χ0n) is 26.4. The molecule has 5 aromatic carbocycles. The van der Waals surface area contributed by atoms with Gasteiger partial charge in [-0.1, -0.05) is 133 Å². The second-order valence-corrected chi connectivity index (χ2v) is 14.7. The van der Waals surface area contributed by atoms with Crippen LogP contribution in [0, 0.1) is 5.41 Å². The highest BCUT2D eigenvalue weighted by Gasteiger charge is 2.48. The van der Waals surface area contributed by atoms with Gasteiger partial charge in [0.05, 0.1) is 22.7 Å². The molecule has 0 radical (unpaired) electrons. The van der Waals surface area contributed by atoms with Crippen molar-refractivity contribution in [2.45, 2.75) is 65.5 Å². The Morgan fingerprint density at radius 1 is 0.442 bits per heavy atom. The zero-order valence-corrected chi connectivity index (χ0v) is 26.4. The minimum absolute atomic E-state index is 0.0480. The lowest BCUT2D eigenvalue weighted by Gasteiger charge is -2.43. The van der Waals surface area contributed by atoms with E-state index in [9.17, 15) is 0 Å². The van der Waals surface area contributed by atoms with Gasteiger partial charge in [0, 0.05) is 27.4 Å². The van der Waals surface area contributed by atoms with Crippen molar-refractivity contribution >= 4 is 22.7 Å². The molecule has 0 fully saturated rings. The molecule has 0 amide bonds. The second-order valence-electron chi connectivity index (χ2n) is 14.7. The molecule has 0 aromatic heterocycles. The number of fused-ring (bicyclic) bond motifs is 7. The van der Waals surface area contributed by atoms with Gasteiger partial charge in [0.15, 0.2) is 0 Å². The highest BCUT2D eigenvalue weighted by molar-refractivity contribution is 6.00. The standard InChI is InChI=1S/C41H40N2/c1-39(2,3)38-42(34-24-14-20-30-36(34)26-16-8-10-18-28(26)40(30,4)5)32-22-12-13-23-33(32)43(38)35-25-15-21-31-37(35)27-17-9-11-19-29(27)41(31,6)7/h8-25,38H,1-7H3. The number of anilines is 4. The van der Waals surface area contributed by atoms with Crippen molar-refractivity contribution in [3.8, 4) is 22.3 Å². The number of hydrogen-bond donors (Lipinski definition) is 0. The largest absolute Gasteiger partial charge is 0.317 e. The van der Waals surface area contributed by atoms with Crippen LogP contribution in [0.2, 0.25) is 0 Å². The van der Waals surface area contributed by atoms with Gasteiger partial charge >= 0.3 is 0 Å². The number of para-hydroxylation sites is 2. The maximum Gasteiger partial charge on any atom is 0.116 e. The van der Waals surface area contributed by atoms with Crippen LogP contribution in [0.4, 0.5) is 22.7 Å². The number of benzene rings is 5. The first kappa shape index (κ1) is 26.3. The van der Waals surface area contributed by atoms with Crippen molar-refractivity contribution in [1.29, 1.82) is 0 Å². The molecule has 0 N–H and O–H groups in total. The van der Waals surface area contributed by atoms with Crippen LogP contribution in [0.5, 0.6) is 0 Å². The van der Waals surface area contributed by atoms with Crippen LogP contribution >= 0.6 is 0 Å². The number of hydrogen-bond acceptors (Lipinski definition) is 2. The second kappa shape index (κ2) is 8.63. The van der Waals surface area contributed by atoms with Crippen LogP contribution in [0.25, 0.3) is 22.3 Å². The van der Waals surface area contributed by atoms with E-state index in [0.717, 1.165) is 0 Å². The van der Waals surface area contributed by atoms with E-state index in [-0.39, 0.29) is 22.4 Å². The van der Waals surface area contributed by atoms with E-state index in [1.807, 2.05) is 0 Å². The van der Waals surface area contributed by atoms with Crippen molar-refractivity contribution < 1.29 is 0 Å². The fourth-order valence-electron chi connectivity index (χ4n) is 8.42. The smallest absolute Gasteiger partial charge is 0.116 e. The molecular weight excluding hydrogens is 520 g/mol. The summed E-state index contributed by atoms with van der Waals surface area (Å²) < 4.78 is 0. The molecule has 0 atom stereocenters. The van der Waals surface area contributed by atoms with Gasteiger partial charge in [-0.3, -0.25) is 0 Å². The topological polar surface area (TPSA) is 6.48 Å². The van der Waals surface area contributed by atoms with Crippen molar-refractivity contribution in [3.05, 3.63) is 131 Å². The summed E-state index contributed by atoms with van der Waals surface area (Å²) in [5.74, 6) is 0. The molecule has 3 aliphatic rings. The Morgan fingerprint density at radius 3 is 1.21 bits per heavy atom. The van der Waals surface area contributed by atoms with Crippen LogP contribution in [0.15, 0.2) is 109 Å². The van der Waals surface area contributed by atoms with Crippen LogP contribution < -0.4 is 9.80 Å². The highest BCUT2D eigenvalue weighted by atomic mass is 15.4. The fraction of sp³-hybridized carbons (Fsp3) is 0.268. The third kappa shape index (κ3) is 3.41. The van der Waals surface area contributed by atoms with Gasteiger partial charge in [0.1, 0.15) is 6.17 Å². The molecule has 2 heteroatoms. The molecule has 2 aliphatic carbocycles. The maximum absolute atomic E-state index is 2.65. The van der Waals surface area contributed by atoms with Gasteiger partial charge in [0.25, 0.3) is 0 Å². The van der Waals surface area contributed by atoms with Crippen molar-refractivity contribution in [2.24, 2.45) is 5.41 Å². The van der Waals surface area contributed by atoms with Gasteiger partial charge in [0.2, 0.25) is 0 Å². The van der Waals surface area contributed by atoms with E-state index in [1.165, 1.54) is 67.3 Å². The Bertz CT molecular complexity index is 1800. The molecular formula is C41H40N2. The first-order valence-corrected chi connectivity index (χ1v) is 15.7.